The number of hydrogen-bond donors (Lipinski definition) is 4. The lowest BCUT2D eigenvalue weighted by atomic mass is 9.97. The molecular weight excluding hydrogens is 415 g/mol. The van der Waals surface area contributed by atoms with Crippen LogP contribution in [0, 0.1) is 0 Å². The summed E-state index contributed by atoms with van der Waals surface area (Å²) in [5.41, 5.74) is 8.92. The standard InChI is InChI=1S/C21H20F3N3O4/c22-21(23,24)31-18-4-1-11(7-15(18)25)10-30-12-2-3-16-14(8-12)13-5-6-26-17(9-19(28)29)20(13)27-16/h1-4,7-8,17,26-27H,5-6,9-10,25H2,(H,28,29). The second-order valence-corrected chi connectivity index (χ2v) is 7.29. The highest BCUT2D eigenvalue weighted by Gasteiger charge is 2.32. The molecule has 0 fully saturated rings. The van der Waals surface area contributed by atoms with Crippen LogP contribution >= 0.6 is 0 Å². The number of carbonyl (C=O) groups is 1. The number of aromatic amines is 1. The van der Waals surface area contributed by atoms with Gasteiger partial charge in [-0.3, -0.25) is 4.79 Å². The Balaban J connectivity index is 1.51. The Labute approximate surface area is 174 Å². The maximum atomic E-state index is 12.4. The summed E-state index contributed by atoms with van der Waals surface area (Å²) in [4.78, 5) is 14.4. The number of alkyl halides is 3. The number of ether oxygens (including phenoxy) is 2. The largest absolute Gasteiger partial charge is 0.573 e. The van der Waals surface area contributed by atoms with Crippen molar-refractivity contribution in [3.05, 3.63) is 53.2 Å². The number of fused-ring (bicyclic) bond motifs is 3. The number of H-pyrrole nitrogens is 1. The zero-order valence-corrected chi connectivity index (χ0v) is 16.3. The maximum Gasteiger partial charge on any atom is 0.573 e. The summed E-state index contributed by atoms with van der Waals surface area (Å²) in [5, 5.41) is 13.3. The quantitative estimate of drug-likeness (QED) is 0.438. The topological polar surface area (TPSA) is 110 Å². The Kier molecular flexibility index (Phi) is 5.40. The first kappa shape index (κ1) is 20.9. The molecule has 0 saturated carbocycles. The molecule has 1 unspecified atom stereocenters. The van der Waals surface area contributed by atoms with Crippen molar-refractivity contribution in [2.24, 2.45) is 0 Å². The van der Waals surface area contributed by atoms with Gasteiger partial charge in [0.2, 0.25) is 0 Å². The number of halogens is 3. The summed E-state index contributed by atoms with van der Waals surface area (Å²) in [6.07, 6.45) is -4.07. The van der Waals surface area contributed by atoms with Gasteiger partial charge in [0.25, 0.3) is 0 Å². The van der Waals surface area contributed by atoms with Gasteiger partial charge in [-0.1, -0.05) is 6.07 Å². The van der Waals surface area contributed by atoms with E-state index in [1.54, 1.807) is 6.07 Å². The number of carboxylic acids is 1. The van der Waals surface area contributed by atoms with Crippen molar-refractivity contribution < 1.29 is 32.5 Å². The number of carboxylic acid groups (broad SMARTS) is 1. The number of anilines is 1. The highest BCUT2D eigenvalue weighted by molar-refractivity contribution is 5.87. The van der Waals surface area contributed by atoms with Gasteiger partial charge in [-0.15, -0.1) is 13.2 Å². The first-order chi connectivity index (χ1) is 14.7. The second-order valence-electron chi connectivity index (χ2n) is 7.29. The molecule has 1 aromatic heterocycles. The zero-order valence-electron chi connectivity index (χ0n) is 16.3. The van der Waals surface area contributed by atoms with Gasteiger partial charge in [-0.25, -0.2) is 0 Å². The Hall–Kier alpha value is -3.40. The average molecular weight is 435 g/mol. The summed E-state index contributed by atoms with van der Waals surface area (Å²) < 4.78 is 46.8. The summed E-state index contributed by atoms with van der Waals surface area (Å²) in [6.45, 7) is 0.784. The number of benzene rings is 2. The van der Waals surface area contributed by atoms with Gasteiger partial charge in [-0.2, -0.15) is 0 Å². The third-order valence-corrected chi connectivity index (χ3v) is 5.11. The Morgan fingerprint density at radius 3 is 2.74 bits per heavy atom. The predicted octanol–water partition coefficient (Wildman–Crippen LogP) is 3.89. The van der Waals surface area contributed by atoms with E-state index >= 15 is 0 Å². The van der Waals surface area contributed by atoms with Crippen LogP contribution in [-0.4, -0.2) is 29.0 Å². The molecule has 1 aliphatic rings. The van der Waals surface area contributed by atoms with Crippen LogP contribution in [0.4, 0.5) is 18.9 Å². The molecule has 5 N–H and O–H groups in total. The highest BCUT2D eigenvalue weighted by Crippen LogP contribution is 2.34. The maximum absolute atomic E-state index is 12.4. The summed E-state index contributed by atoms with van der Waals surface area (Å²) >= 11 is 0. The van der Waals surface area contributed by atoms with Crippen molar-refractivity contribution in [3.8, 4) is 11.5 Å². The molecule has 0 spiro atoms. The monoisotopic (exact) mass is 435 g/mol. The van der Waals surface area contributed by atoms with Gasteiger partial charge in [0.1, 0.15) is 12.4 Å². The molecule has 4 rings (SSSR count). The summed E-state index contributed by atoms with van der Waals surface area (Å²) in [7, 11) is 0. The van der Waals surface area contributed by atoms with E-state index in [1.165, 1.54) is 12.1 Å². The molecule has 2 heterocycles. The minimum absolute atomic E-state index is 0.0152. The lowest BCUT2D eigenvalue weighted by Gasteiger charge is -2.22. The fraction of sp³-hybridized carbons (Fsp3) is 0.286. The van der Waals surface area contributed by atoms with Gasteiger partial charge >= 0.3 is 12.3 Å². The normalized spacial score (nSPS) is 16.2. The molecule has 7 nitrogen and oxygen atoms in total. The van der Waals surface area contributed by atoms with Crippen LogP contribution < -0.4 is 20.5 Å². The molecule has 0 bridgehead atoms. The predicted molar refractivity (Wildman–Crippen MR) is 107 cm³/mol. The van der Waals surface area contributed by atoms with E-state index in [4.69, 9.17) is 15.6 Å². The van der Waals surface area contributed by atoms with Crippen LogP contribution in [0.2, 0.25) is 0 Å². The van der Waals surface area contributed by atoms with Gasteiger partial charge < -0.3 is 30.6 Å². The van der Waals surface area contributed by atoms with Crippen LogP contribution in [0.25, 0.3) is 10.9 Å². The van der Waals surface area contributed by atoms with E-state index in [1.807, 2.05) is 12.1 Å². The smallest absolute Gasteiger partial charge is 0.489 e. The number of aromatic nitrogens is 1. The van der Waals surface area contributed by atoms with Crippen molar-refractivity contribution in [2.45, 2.75) is 31.9 Å². The fourth-order valence-electron chi connectivity index (χ4n) is 3.80. The lowest BCUT2D eigenvalue weighted by molar-refractivity contribution is -0.274. The first-order valence-electron chi connectivity index (χ1n) is 9.56. The van der Waals surface area contributed by atoms with Crippen molar-refractivity contribution in [2.75, 3.05) is 12.3 Å². The number of nitrogen functional groups attached to an aromatic ring is 1. The van der Waals surface area contributed by atoms with Gasteiger partial charge in [0, 0.05) is 16.6 Å². The van der Waals surface area contributed by atoms with E-state index in [2.05, 4.69) is 15.0 Å². The van der Waals surface area contributed by atoms with Crippen LogP contribution in [0.15, 0.2) is 36.4 Å². The Morgan fingerprint density at radius 1 is 1.23 bits per heavy atom. The third kappa shape index (κ3) is 4.69. The molecule has 31 heavy (non-hydrogen) atoms. The Morgan fingerprint density at radius 2 is 2.03 bits per heavy atom. The van der Waals surface area contributed by atoms with E-state index in [0.29, 0.717) is 17.9 Å². The van der Waals surface area contributed by atoms with Gasteiger partial charge in [-0.05, 0) is 54.4 Å². The second kappa shape index (κ2) is 8.03. The molecule has 3 aromatic rings. The van der Waals surface area contributed by atoms with Crippen LogP contribution in [-0.2, 0) is 17.8 Å². The average Bonchev–Trinajstić information content (AvgIpc) is 3.06. The molecular formula is C21H20F3N3O4. The lowest BCUT2D eigenvalue weighted by Crippen LogP contribution is -2.31. The van der Waals surface area contributed by atoms with Crippen LogP contribution in [0.3, 0.4) is 0 Å². The molecule has 164 valence electrons. The van der Waals surface area contributed by atoms with E-state index in [0.717, 1.165) is 34.6 Å². The van der Waals surface area contributed by atoms with Crippen molar-refractivity contribution >= 4 is 22.6 Å². The molecule has 0 amide bonds. The minimum Gasteiger partial charge on any atom is -0.489 e. The van der Waals surface area contributed by atoms with Crippen molar-refractivity contribution in [1.29, 1.82) is 0 Å². The zero-order chi connectivity index (χ0) is 22.2. The number of nitrogens with one attached hydrogen (secondary N) is 2. The fourth-order valence-corrected chi connectivity index (χ4v) is 3.80. The third-order valence-electron chi connectivity index (χ3n) is 5.11. The number of hydrogen-bond acceptors (Lipinski definition) is 5. The molecule has 2 aromatic carbocycles. The first-order valence-corrected chi connectivity index (χ1v) is 9.56. The van der Waals surface area contributed by atoms with E-state index in [-0.39, 0.29) is 24.8 Å². The number of rotatable bonds is 6. The van der Waals surface area contributed by atoms with Crippen molar-refractivity contribution in [3.63, 3.8) is 0 Å². The van der Waals surface area contributed by atoms with Gasteiger partial charge in [0.05, 0.1) is 18.2 Å². The Bertz CT molecular complexity index is 1130. The van der Waals surface area contributed by atoms with Crippen LogP contribution in [0.5, 0.6) is 11.5 Å². The van der Waals surface area contributed by atoms with E-state index < -0.39 is 18.1 Å². The number of nitrogens with two attached hydrogens (primary N) is 1. The highest BCUT2D eigenvalue weighted by atomic mass is 19.4. The number of aliphatic carboxylic acids is 1. The summed E-state index contributed by atoms with van der Waals surface area (Å²) in [5.74, 6) is -0.753. The molecule has 0 aliphatic carbocycles. The molecule has 1 aliphatic heterocycles. The summed E-state index contributed by atoms with van der Waals surface area (Å²) in [6, 6.07) is 9.21. The SMILES string of the molecule is Nc1cc(COc2ccc3[nH]c4c(c3c2)CCNC4CC(=O)O)ccc1OC(F)(F)F. The van der Waals surface area contributed by atoms with Crippen molar-refractivity contribution in [1.82, 2.24) is 10.3 Å². The van der Waals surface area contributed by atoms with E-state index in [9.17, 15) is 18.0 Å². The molecule has 10 heteroatoms. The van der Waals surface area contributed by atoms with Gasteiger partial charge in [0.15, 0.2) is 5.75 Å². The van der Waals surface area contributed by atoms with Crippen LogP contribution in [0.1, 0.15) is 29.3 Å². The minimum atomic E-state index is -4.81. The molecule has 1 atom stereocenters. The molecule has 0 radical (unpaired) electrons. The molecule has 0 saturated heterocycles.